The highest BCUT2D eigenvalue weighted by molar-refractivity contribution is 7.47. The molecule has 0 aromatic heterocycles. The summed E-state index contributed by atoms with van der Waals surface area (Å²) in [6.45, 7) is 14.3. The van der Waals surface area contributed by atoms with Gasteiger partial charge in [0.2, 0.25) is 0 Å². The molecule has 0 fully saturated rings. The second-order valence-electron chi connectivity index (χ2n) is 31.7. The Hall–Kier alpha value is -1.94. The Kier molecular flexibility index (Phi) is 71.5. The SMILES string of the molecule is CCC(C)CCCCCCCCCCCCC(=O)O[C@H](COC(=O)CCCCCCCCCCCCCCCCCCCCC(C)C)COP(=O)(O)OC[C@@H](O)COP(=O)(O)OC[C@@H](COC(=O)CCCCCCCCC(C)CC)OC(=O)CCCCCCCCCCCCCCCCCC(C)C. The van der Waals surface area contributed by atoms with Crippen molar-refractivity contribution in [3.63, 3.8) is 0 Å². The van der Waals surface area contributed by atoms with Crippen molar-refractivity contribution in [3.8, 4) is 0 Å². The van der Waals surface area contributed by atoms with E-state index >= 15 is 0 Å². The summed E-state index contributed by atoms with van der Waals surface area (Å²) in [5, 5.41) is 10.7. The van der Waals surface area contributed by atoms with Crippen LogP contribution in [0.5, 0.6) is 0 Å². The van der Waals surface area contributed by atoms with Gasteiger partial charge in [-0.05, 0) is 49.4 Å². The Labute approximate surface area is 632 Å². The van der Waals surface area contributed by atoms with Gasteiger partial charge >= 0.3 is 39.5 Å². The van der Waals surface area contributed by atoms with Gasteiger partial charge in [-0.1, -0.05) is 383 Å². The van der Waals surface area contributed by atoms with Crippen LogP contribution in [0.3, 0.4) is 0 Å². The van der Waals surface area contributed by atoms with Gasteiger partial charge in [0.15, 0.2) is 12.2 Å². The van der Waals surface area contributed by atoms with Gasteiger partial charge in [-0.25, -0.2) is 9.13 Å². The Morgan fingerprint density at radius 3 is 0.689 bits per heavy atom. The van der Waals surface area contributed by atoms with Crippen LogP contribution in [0, 0.1) is 23.7 Å². The summed E-state index contributed by atoms with van der Waals surface area (Å²) >= 11 is 0. The van der Waals surface area contributed by atoms with Crippen LogP contribution < -0.4 is 0 Å². The molecule has 0 heterocycles. The Bertz CT molecular complexity index is 2010. The molecule has 0 aromatic carbocycles. The van der Waals surface area contributed by atoms with Gasteiger partial charge in [-0.3, -0.25) is 37.3 Å². The second kappa shape index (κ2) is 72.9. The molecule has 0 spiro atoms. The molecular weight excluding hydrogens is 1340 g/mol. The first kappa shape index (κ1) is 101. The molecule has 0 amide bonds. The number of hydrogen-bond donors (Lipinski definition) is 3. The Morgan fingerprint density at radius 2 is 0.466 bits per heavy atom. The lowest BCUT2D eigenvalue weighted by Crippen LogP contribution is -2.30. The van der Waals surface area contributed by atoms with Crippen LogP contribution in [0.1, 0.15) is 434 Å². The maximum Gasteiger partial charge on any atom is 0.472 e. The fourth-order valence-corrected chi connectivity index (χ4v) is 14.5. The predicted molar refractivity (Wildman–Crippen MR) is 423 cm³/mol. The maximum absolute atomic E-state index is 13.1. The largest absolute Gasteiger partial charge is 0.472 e. The molecule has 612 valence electrons. The van der Waals surface area contributed by atoms with E-state index in [9.17, 15) is 43.2 Å². The van der Waals surface area contributed by atoms with E-state index in [1.807, 2.05) is 0 Å². The van der Waals surface area contributed by atoms with Gasteiger partial charge in [-0.15, -0.1) is 0 Å². The van der Waals surface area contributed by atoms with Gasteiger partial charge in [-0.2, -0.15) is 0 Å². The standard InChI is InChI=1S/C84H164O17P2/c1-9-76(7)62-54-46-38-32-28-29-35-41-51-59-67-84(89)100-79(70-94-81(86)64-56-48-39-33-26-22-18-14-12-11-13-16-20-24-30-36-44-52-60-74(3)4)72-98-102(90,91)96-68-78(85)69-97-103(92,93)99-73-80(71-95-82(87)65-57-49-43-42-47-55-63-77(8)10-2)101-83(88)66-58-50-40-34-27-23-19-15-17-21-25-31-37-45-53-61-75(5)6/h74-80,85H,9-73H2,1-8H3,(H,90,91)(H,92,93)/t76?,77?,78-,79-,80-/m1/s1. The minimum absolute atomic E-state index is 0.106. The fraction of sp³-hybridized carbons (Fsp3) is 0.952. The fourth-order valence-electron chi connectivity index (χ4n) is 12.9. The Balaban J connectivity index is 5.20. The molecule has 0 aliphatic heterocycles. The van der Waals surface area contributed by atoms with Crippen LogP contribution in [0.15, 0.2) is 0 Å². The van der Waals surface area contributed by atoms with Crippen molar-refractivity contribution in [2.75, 3.05) is 39.6 Å². The van der Waals surface area contributed by atoms with E-state index in [0.717, 1.165) is 120 Å². The summed E-state index contributed by atoms with van der Waals surface area (Å²) in [7, 11) is -9.93. The van der Waals surface area contributed by atoms with Gasteiger partial charge in [0.25, 0.3) is 0 Å². The normalized spacial score (nSPS) is 14.5. The first-order chi connectivity index (χ1) is 49.7. The van der Waals surface area contributed by atoms with Crippen LogP contribution in [-0.4, -0.2) is 96.7 Å². The summed E-state index contributed by atoms with van der Waals surface area (Å²) in [4.78, 5) is 73.1. The van der Waals surface area contributed by atoms with Crippen molar-refractivity contribution in [2.45, 2.75) is 453 Å². The molecule has 0 aromatic rings. The van der Waals surface area contributed by atoms with Gasteiger partial charge in [0.05, 0.1) is 26.4 Å². The second-order valence-corrected chi connectivity index (χ2v) is 34.6. The zero-order chi connectivity index (χ0) is 76.0. The lowest BCUT2D eigenvalue weighted by molar-refractivity contribution is -0.161. The molecule has 0 saturated carbocycles. The minimum Gasteiger partial charge on any atom is -0.462 e. The molecule has 0 bridgehead atoms. The number of hydrogen-bond acceptors (Lipinski definition) is 15. The molecule has 0 saturated heterocycles. The van der Waals surface area contributed by atoms with Gasteiger partial charge in [0, 0.05) is 25.7 Å². The molecule has 0 aliphatic carbocycles. The van der Waals surface area contributed by atoms with Crippen molar-refractivity contribution in [3.05, 3.63) is 0 Å². The summed E-state index contributed by atoms with van der Waals surface area (Å²) in [5.41, 5.74) is 0. The third-order valence-electron chi connectivity index (χ3n) is 20.3. The number of carbonyl (C=O) groups is 4. The van der Waals surface area contributed by atoms with Crippen molar-refractivity contribution >= 4 is 39.5 Å². The van der Waals surface area contributed by atoms with Crippen molar-refractivity contribution in [1.82, 2.24) is 0 Å². The van der Waals surface area contributed by atoms with E-state index in [2.05, 4.69) is 55.4 Å². The van der Waals surface area contributed by atoms with E-state index in [0.29, 0.717) is 25.7 Å². The number of phosphoric acid groups is 2. The average molecular weight is 1510 g/mol. The van der Waals surface area contributed by atoms with Crippen LogP contribution in [0.4, 0.5) is 0 Å². The van der Waals surface area contributed by atoms with E-state index in [1.165, 1.54) is 231 Å². The van der Waals surface area contributed by atoms with Crippen LogP contribution in [0.2, 0.25) is 0 Å². The van der Waals surface area contributed by atoms with Crippen molar-refractivity contribution in [2.24, 2.45) is 23.7 Å². The topological polar surface area (TPSA) is 237 Å². The minimum atomic E-state index is -4.96. The quantitative estimate of drug-likeness (QED) is 0.0222. The van der Waals surface area contributed by atoms with Crippen molar-refractivity contribution in [1.29, 1.82) is 0 Å². The summed E-state index contributed by atoms with van der Waals surface area (Å²) in [6.07, 6.45) is 61.1. The maximum atomic E-state index is 13.1. The summed E-state index contributed by atoms with van der Waals surface area (Å²) in [5.74, 6) is 1.05. The third-order valence-corrected chi connectivity index (χ3v) is 22.2. The first-order valence-corrected chi connectivity index (χ1v) is 46.3. The number of unbranched alkanes of at least 4 members (excludes halogenated alkanes) is 45. The number of phosphoric ester groups is 2. The molecule has 17 nitrogen and oxygen atoms in total. The number of rotatable bonds is 81. The van der Waals surface area contributed by atoms with E-state index in [1.54, 1.807) is 0 Å². The molecule has 0 aliphatic rings. The zero-order valence-electron chi connectivity index (χ0n) is 68.0. The molecule has 3 N–H and O–H groups in total. The molecular formula is C84H164O17P2. The first-order valence-electron chi connectivity index (χ1n) is 43.3. The number of aliphatic hydroxyl groups is 1. The predicted octanol–water partition coefficient (Wildman–Crippen LogP) is 25.2. The summed E-state index contributed by atoms with van der Waals surface area (Å²) < 4.78 is 68.8. The molecule has 7 atom stereocenters. The number of esters is 4. The monoisotopic (exact) mass is 1510 g/mol. The average Bonchev–Trinajstić information content (AvgIpc) is 0.909. The molecule has 103 heavy (non-hydrogen) atoms. The van der Waals surface area contributed by atoms with E-state index in [-0.39, 0.29) is 25.7 Å². The molecule has 19 heteroatoms. The summed E-state index contributed by atoms with van der Waals surface area (Å²) in [6, 6.07) is 0. The lowest BCUT2D eigenvalue weighted by Gasteiger charge is -2.21. The Morgan fingerprint density at radius 1 is 0.272 bits per heavy atom. The van der Waals surface area contributed by atoms with Gasteiger partial charge in [0.1, 0.15) is 19.3 Å². The van der Waals surface area contributed by atoms with Crippen molar-refractivity contribution < 1.29 is 80.2 Å². The van der Waals surface area contributed by atoms with Crippen LogP contribution in [-0.2, 0) is 65.4 Å². The molecule has 0 rings (SSSR count). The zero-order valence-corrected chi connectivity index (χ0v) is 69.7. The lowest BCUT2D eigenvalue weighted by atomic mass is 9.99. The highest BCUT2D eigenvalue weighted by Crippen LogP contribution is 2.45. The number of aliphatic hydroxyl groups excluding tert-OH is 1. The third kappa shape index (κ3) is 75.3. The van der Waals surface area contributed by atoms with Crippen LogP contribution >= 0.6 is 15.6 Å². The highest BCUT2D eigenvalue weighted by atomic mass is 31.2. The number of carbonyl (C=O) groups excluding carboxylic acids is 4. The highest BCUT2D eigenvalue weighted by Gasteiger charge is 2.30. The van der Waals surface area contributed by atoms with E-state index in [4.69, 9.17) is 37.0 Å². The molecule has 4 unspecified atom stereocenters. The van der Waals surface area contributed by atoms with Crippen LogP contribution in [0.25, 0.3) is 0 Å². The number of ether oxygens (including phenoxy) is 4. The van der Waals surface area contributed by atoms with E-state index < -0.39 is 97.5 Å². The molecule has 0 radical (unpaired) electrons. The van der Waals surface area contributed by atoms with Gasteiger partial charge < -0.3 is 33.8 Å². The smallest absolute Gasteiger partial charge is 0.462 e.